The van der Waals surface area contributed by atoms with Crippen LogP contribution in [-0.4, -0.2) is 28.7 Å². The summed E-state index contributed by atoms with van der Waals surface area (Å²) in [5, 5.41) is 7.10. The van der Waals surface area contributed by atoms with Crippen molar-refractivity contribution < 1.29 is 27.5 Å². The van der Waals surface area contributed by atoms with Crippen LogP contribution in [0.2, 0.25) is 0 Å². The van der Waals surface area contributed by atoms with Gasteiger partial charge in [-0.25, -0.2) is 4.68 Å². The summed E-state index contributed by atoms with van der Waals surface area (Å²) < 4.78 is 45.8. The molecule has 2 amide bonds. The predicted octanol–water partition coefficient (Wildman–Crippen LogP) is 4.18. The Morgan fingerprint density at radius 2 is 1.73 bits per heavy atom. The average molecular weight is 509 g/mol. The normalized spacial score (nSPS) is 11.2. The first-order valence-electron chi connectivity index (χ1n) is 11.0. The van der Waals surface area contributed by atoms with Gasteiger partial charge >= 0.3 is 6.18 Å². The molecule has 0 atom stereocenters. The predicted molar refractivity (Wildman–Crippen MR) is 131 cm³/mol. The Kier molecular flexibility index (Phi) is 6.87. The van der Waals surface area contributed by atoms with Gasteiger partial charge in [-0.3, -0.25) is 9.59 Å². The monoisotopic (exact) mass is 509 g/mol. The van der Waals surface area contributed by atoms with Crippen LogP contribution in [0, 0.1) is 0 Å². The number of hydrogen-bond donors (Lipinski definition) is 3. The molecule has 1 heterocycles. The van der Waals surface area contributed by atoms with Crippen LogP contribution in [0.3, 0.4) is 0 Å². The minimum Gasteiger partial charge on any atom is -0.496 e. The third-order valence-corrected chi connectivity index (χ3v) is 5.62. The molecule has 0 radical (unpaired) electrons. The van der Waals surface area contributed by atoms with Gasteiger partial charge in [-0.15, -0.1) is 0 Å². The van der Waals surface area contributed by atoms with E-state index < -0.39 is 17.6 Å². The molecule has 0 aliphatic heterocycles. The van der Waals surface area contributed by atoms with E-state index in [-0.39, 0.29) is 35.2 Å². The number of anilines is 1. The maximum atomic E-state index is 13.2. The average Bonchev–Trinajstić information content (AvgIpc) is 3.24. The van der Waals surface area contributed by atoms with E-state index in [1.807, 2.05) is 0 Å². The van der Waals surface area contributed by atoms with Crippen LogP contribution >= 0.6 is 0 Å². The lowest BCUT2D eigenvalue weighted by Gasteiger charge is -2.10. The number of rotatable bonds is 7. The molecular weight excluding hydrogens is 487 g/mol. The maximum absolute atomic E-state index is 13.2. The highest BCUT2D eigenvalue weighted by Gasteiger charge is 2.31. The summed E-state index contributed by atoms with van der Waals surface area (Å²) in [5.41, 5.74) is 12.4. The van der Waals surface area contributed by atoms with Crippen molar-refractivity contribution in [1.82, 2.24) is 15.1 Å². The maximum Gasteiger partial charge on any atom is 0.416 e. The highest BCUT2D eigenvalue weighted by Crippen LogP contribution is 2.33. The molecule has 0 spiro atoms. The van der Waals surface area contributed by atoms with E-state index in [0.717, 1.165) is 22.4 Å². The summed E-state index contributed by atoms with van der Waals surface area (Å²) in [6.45, 7) is 0.209. The number of halogens is 3. The first kappa shape index (κ1) is 25.3. The number of nitrogens with zero attached hydrogens (tertiary/aromatic N) is 2. The molecule has 8 nitrogen and oxygen atoms in total. The molecule has 0 unspecified atom stereocenters. The Bertz CT molecular complexity index is 1460. The molecular formula is C26H22F3N5O3. The number of amides is 2. The lowest BCUT2D eigenvalue weighted by molar-refractivity contribution is -0.137. The highest BCUT2D eigenvalue weighted by molar-refractivity contribution is 6.03. The van der Waals surface area contributed by atoms with Gasteiger partial charge in [0, 0.05) is 12.1 Å². The molecule has 0 aliphatic carbocycles. The highest BCUT2D eigenvalue weighted by atomic mass is 19.4. The Morgan fingerprint density at radius 3 is 2.38 bits per heavy atom. The molecule has 0 bridgehead atoms. The fraction of sp³-hybridized carbons (Fsp3) is 0.115. The molecule has 37 heavy (non-hydrogen) atoms. The van der Waals surface area contributed by atoms with E-state index in [2.05, 4.69) is 10.4 Å². The van der Waals surface area contributed by atoms with Crippen molar-refractivity contribution >= 4 is 17.6 Å². The number of para-hydroxylation sites is 1. The number of primary amides is 1. The summed E-state index contributed by atoms with van der Waals surface area (Å²) >= 11 is 0. The van der Waals surface area contributed by atoms with Crippen LogP contribution < -0.4 is 21.5 Å². The van der Waals surface area contributed by atoms with Gasteiger partial charge < -0.3 is 21.5 Å². The summed E-state index contributed by atoms with van der Waals surface area (Å²) in [6, 6.07) is 17.9. The summed E-state index contributed by atoms with van der Waals surface area (Å²) in [6.07, 6.45) is -4.57. The molecule has 4 aromatic rings. The number of aromatic nitrogens is 2. The second kappa shape index (κ2) is 10.1. The van der Waals surface area contributed by atoms with Gasteiger partial charge in [-0.2, -0.15) is 18.3 Å². The smallest absolute Gasteiger partial charge is 0.416 e. The zero-order valence-electron chi connectivity index (χ0n) is 19.5. The molecule has 0 saturated heterocycles. The molecule has 3 aromatic carbocycles. The van der Waals surface area contributed by atoms with Crippen LogP contribution in [0.4, 0.5) is 19.0 Å². The Hall–Kier alpha value is -4.80. The lowest BCUT2D eigenvalue weighted by Crippen LogP contribution is -2.23. The zero-order valence-corrected chi connectivity index (χ0v) is 19.5. The fourth-order valence-corrected chi connectivity index (χ4v) is 3.78. The van der Waals surface area contributed by atoms with Gasteiger partial charge in [0.05, 0.1) is 23.9 Å². The Balaban J connectivity index is 1.60. The van der Waals surface area contributed by atoms with Crippen molar-refractivity contribution in [3.63, 3.8) is 0 Å². The van der Waals surface area contributed by atoms with E-state index in [0.29, 0.717) is 16.9 Å². The molecule has 0 saturated carbocycles. The van der Waals surface area contributed by atoms with Crippen molar-refractivity contribution in [1.29, 1.82) is 0 Å². The van der Waals surface area contributed by atoms with Gasteiger partial charge in [-0.05, 0) is 35.9 Å². The summed E-state index contributed by atoms with van der Waals surface area (Å²) in [7, 11) is 1.48. The van der Waals surface area contributed by atoms with Gasteiger partial charge in [0.15, 0.2) is 0 Å². The number of alkyl halides is 3. The standard InChI is InChI=1S/C26H22F3N5O3/c1-37-20-8-3-2-7-19(20)25(36)32-14-15-9-11-16(12-10-15)22-21(24(31)35)23(30)34(33-22)18-6-4-5-17(13-18)26(27,28)29/h2-13H,14,30H2,1H3,(H2,31,35)(H,32,36). The number of carbonyl (C=O) groups is 2. The topological polar surface area (TPSA) is 125 Å². The van der Waals surface area contributed by atoms with E-state index in [4.69, 9.17) is 16.2 Å². The number of nitrogens with one attached hydrogen (secondary N) is 1. The van der Waals surface area contributed by atoms with Crippen molar-refractivity contribution in [2.24, 2.45) is 5.73 Å². The van der Waals surface area contributed by atoms with E-state index >= 15 is 0 Å². The van der Waals surface area contributed by atoms with Gasteiger partial charge in [-0.1, -0.05) is 42.5 Å². The first-order chi connectivity index (χ1) is 17.6. The number of ether oxygens (including phenoxy) is 1. The number of carbonyl (C=O) groups excluding carboxylic acids is 2. The zero-order chi connectivity index (χ0) is 26.7. The number of nitrogens with two attached hydrogens (primary N) is 2. The summed E-state index contributed by atoms with van der Waals surface area (Å²) in [4.78, 5) is 24.7. The quantitative estimate of drug-likeness (QED) is 0.345. The van der Waals surface area contributed by atoms with E-state index in [1.54, 1.807) is 48.5 Å². The van der Waals surface area contributed by atoms with Crippen LogP contribution in [0.5, 0.6) is 5.75 Å². The van der Waals surface area contributed by atoms with Gasteiger partial charge in [0.1, 0.15) is 22.8 Å². The first-order valence-corrected chi connectivity index (χ1v) is 11.0. The van der Waals surface area contributed by atoms with Crippen molar-refractivity contribution in [3.8, 4) is 22.7 Å². The SMILES string of the molecule is COc1ccccc1C(=O)NCc1ccc(-c2nn(-c3cccc(C(F)(F)F)c3)c(N)c2C(N)=O)cc1. The van der Waals surface area contributed by atoms with Crippen molar-refractivity contribution in [2.75, 3.05) is 12.8 Å². The summed E-state index contributed by atoms with van der Waals surface area (Å²) in [5.74, 6) is -0.928. The van der Waals surface area contributed by atoms with Crippen molar-refractivity contribution in [2.45, 2.75) is 12.7 Å². The number of benzene rings is 3. The number of methoxy groups -OCH3 is 1. The minimum absolute atomic E-state index is 0.0248. The second-order valence-electron chi connectivity index (χ2n) is 8.01. The van der Waals surface area contributed by atoms with E-state index in [1.165, 1.54) is 19.2 Å². The van der Waals surface area contributed by atoms with Gasteiger partial charge in [0.2, 0.25) is 0 Å². The molecule has 1 aromatic heterocycles. The van der Waals surface area contributed by atoms with Gasteiger partial charge in [0.25, 0.3) is 11.8 Å². The molecule has 4 rings (SSSR count). The Labute approximate surface area is 209 Å². The number of nitrogen functional groups attached to an aromatic ring is 1. The molecule has 190 valence electrons. The van der Waals surface area contributed by atoms with Crippen LogP contribution in [0.25, 0.3) is 16.9 Å². The molecule has 0 fully saturated rings. The van der Waals surface area contributed by atoms with Crippen molar-refractivity contribution in [3.05, 3.63) is 95.1 Å². The Morgan fingerprint density at radius 1 is 1.03 bits per heavy atom. The van der Waals surface area contributed by atoms with E-state index in [9.17, 15) is 22.8 Å². The largest absolute Gasteiger partial charge is 0.496 e. The minimum atomic E-state index is -4.57. The third kappa shape index (κ3) is 5.25. The van der Waals surface area contributed by atoms with Crippen LogP contribution in [-0.2, 0) is 12.7 Å². The number of hydrogen-bond acceptors (Lipinski definition) is 5. The molecule has 11 heteroatoms. The van der Waals surface area contributed by atoms with Crippen LogP contribution in [0.1, 0.15) is 31.8 Å². The third-order valence-electron chi connectivity index (χ3n) is 5.62. The molecule has 0 aliphatic rings. The second-order valence-corrected chi connectivity index (χ2v) is 8.01. The molecule has 5 N–H and O–H groups in total. The fourth-order valence-electron chi connectivity index (χ4n) is 3.78. The lowest BCUT2D eigenvalue weighted by atomic mass is 10.0. The van der Waals surface area contributed by atoms with Crippen LogP contribution in [0.15, 0.2) is 72.8 Å².